The van der Waals surface area contributed by atoms with E-state index in [1.54, 1.807) is 12.1 Å². The largest absolute Gasteiger partial charge is 0.488 e. The minimum absolute atomic E-state index is 0.288. The summed E-state index contributed by atoms with van der Waals surface area (Å²) in [7, 11) is 0. The van der Waals surface area contributed by atoms with Crippen LogP contribution in [0.3, 0.4) is 0 Å². The maximum Gasteiger partial charge on any atom is 0.301 e. The van der Waals surface area contributed by atoms with Crippen LogP contribution in [0.2, 0.25) is 0 Å². The highest BCUT2D eigenvalue weighted by Gasteiger charge is 2.21. The highest BCUT2D eigenvalue weighted by Crippen LogP contribution is 2.38. The molecular formula is C25H23N3O4. The molecule has 2 N–H and O–H groups in total. The lowest BCUT2D eigenvalue weighted by molar-refractivity contribution is 0.120. The van der Waals surface area contributed by atoms with Crippen molar-refractivity contribution < 1.29 is 13.9 Å². The molecule has 0 atom stereocenters. The Balaban J connectivity index is 1.66. The van der Waals surface area contributed by atoms with Gasteiger partial charge in [-0.15, -0.1) is 0 Å². The minimum Gasteiger partial charge on any atom is -0.488 e. The first kappa shape index (κ1) is 20.1. The molecular weight excluding hydrogens is 406 g/mol. The highest BCUT2D eigenvalue weighted by molar-refractivity contribution is 5.96. The van der Waals surface area contributed by atoms with E-state index in [4.69, 9.17) is 19.6 Å². The predicted octanol–water partition coefficient (Wildman–Crippen LogP) is 3.85. The van der Waals surface area contributed by atoms with Gasteiger partial charge in [-0.2, -0.15) is 4.98 Å². The lowest BCUT2D eigenvalue weighted by Crippen LogP contribution is -2.37. The quantitative estimate of drug-likeness (QED) is 0.482. The van der Waals surface area contributed by atoms with E-state index in [1.165, 1.54) is 0 Å². The Morgan fingerprint density at radius 3 is 2.59 bits per heavy atom. The Bertz CT molecular complexity index is 1300. The summed E-state index contributed by atoms with van der Waals surface area (Å²) < 4.78 is 17.8. The van der Waals surface area contributed by atoms with Gasteiger partial charge >= 0.3 is 6.01 Å². The van der Waals surface area contributed by atoms with Crippen LogP contribution in [-0.2, 0) is 11.3 Å². The average molecular weight is 429 g/mol. The fraction of sp³-hybridized carbons (Fsp3) is 0.200. The smallest absolute Gasteiger partial charge is 0.301 e. The van der Waals surface area contributed by atoms with Crippen molar-refractivity contribution in [2.24, 2.45) is 0 Å². The van der Waals surface area contributed by atoms with E-state index >= 15 is 0 Å². The van der Waals surface area contributed by atoms with Crippen LogP contribution in [0, 0.1) is 0 Å². The monoisotopic (exact) mass is 429 g/mol. The predicted molar refractivity (Wildman–Crippen MR) is 124 cm³/mol. The summed E-state index contributed by atoms with van der Waals surface area (Å²) in [4.78, 5) is 19.0. The first-order valence-electron chi connectivity index (χ1n) is 10.5. The topological polar surface area (TPSA) is 90.8 Å². The van der Waals surface area contributed by atoms with E-state index in [0.29, 0.717) is 60.9 Å². The van der Waals surface area contributed by atoms with Gasteiger partial charge < -0.3 is 24.5 Å². The fourth-order valence-corrected chi connectivity index (χ4v) is 3.81. The number of hydrogen-bond donors (Lipinski definition) is 1. The van der Waals surface area contributed by atoms with Crippen LogP contribution in [-0.4, -0.2) is 31.3 Å². The Morgan fingerprint density at radius 1 is 1.00 bits per heavy atom. The number of nitrogen functional groups attached to an aromatic ring is 1. The van der Waals surface area contributed by atoms with E-state index in [0.717, 1.165) is 11.1 Å². The van der Waals surface area contributed by atoms with Gasteiger partial charge in [0.2, 0.25) is 0 Å². The molecule has 5 rings (SSSR count). The van der Waals surface area contributed by atoms with E-state index in [9.17, 15) is 4.79 Å². The molecule has 0 aliphatic carbocycles. The summed E-state index contributed by atoms with van der Waals surface area (Å²) in [5, 5.41) is 0.395. The van der Waals surface area contributed by atoms with Gasteiger partial charge in [-0.25, -0.2) is 0 Å². The highest BCUT2D eigenvalue weighted by atomic mass is 16.5. The third kappa shape index (κ3) is 4.02. The molecule has 32 heavy (non-hydrogen) atoms. The van der Waals surface area contributed by atoms with Crippen LogP contribution in [0.15, 0.2) is 75.9 Å². The SMILES string of the molecule is Nc1cccc(-c2c(OCc3ccccc3)ccc3c(=O)nc(N4CCOCC4)oc23)c1. The van der Waals surface area contributed by atoms with Crippen LogP contribution < -0.4 is 20.9 Å². The molecule has 1 aliphatic heterocycles. The molecule has 7 nitrogen and oxygen atoms in total. The number of morpholine rings is 1. The Labute approximate surface area is 185 Å². The molecule has 0 radical (unpaired) electrons. The molecule has 162 valence electrons. The molecule has 0 unspecified atom stereocenters. The molecule has 1 aliphatic rings. The second-order valence-electron chi connectivity index (χ2n) is 7.62. The first-order chi connectivity index (χ1) is 15.7. The van der Waals surface area contributed by atoms with Gasteiger partial charge in [0, 0.05) is 18.8 Å². The number of anilines is 2. The summed E-state index contributed by atoms with van der Waals surface area (Å²) in [5.41, 5.74) is 9.29. The number of nitrogens with two attached hydrogens (primary N) is 1. The number of rotatable bonds is 5. The number of hydrogen-bond acceptors (Lipinski definition) is 7. The van der Waals surface area contributed by atoms with Gasteiger partial charge in [0.05, 0.1) is 24.2 Å². The normalized spacial score (nSPS) is 13.9. The van der Waals surface area contributed by atoms with Crippen molar-refractivity contribution in [1.82, 2.24) is 4.98 Å². The number of benzene rings is 3. The summed E-state index contributed by atoms with van der Waals surface area (Å²) in [6.07, 6.45) is 0. The van der Waals surface area contributed by atoms with Crippen LogP contribution in [0.5, 0.6) is 5.75 Å². The van der Waals surface area contributed by atoms with E-state index in [-0.39, 0.29) is 11.6 Å². The molecule has 3 aromatic carbocycles. The maximum absolute atomic E-state index is 12.9. The third-order valence-corrected chi connectivity index (χ3v) is 5.43. The van der Waals surface area contributed by atoms with Crippen molar-refractivity contribution in [2.45, 2.75) is 6.61 Å². The van der Waals surface area contributed by atoms with Crippen molar-refractivity contribution in [2.75, 3.05) is 36.9 Å². The van der Waals surface area contributed by atoms with Crippen LogP contribution in [0.25, 0.3) is 22.1 Å². The second kappa shape index (κ2) is 8.72. The van der Waals surface area contributed by atoms with Gasteiger partial charge in [0.15, 0.2) is 5.58 Å². The summed E-state index contributed by atoms with van der Waals surface area (Å²) in [6, 6.07) is 21.1. The van der Waals surface area contributed by atoms with Crippen molar-refractivity contribution in [3.05, 3.63) is 82.6 Å². The van der Waals surface area contributed by atoms with Crippen molar-refractivity contribution in [3.8, 4) is 16.9 Å². The van der Waals surface area contributed by atoms with Crippen LogP contribution in [0.1, 0.15) is 5.56 Å². The average Bonchev–Trinajstić information content (AvgIpc) is 2.83. The molecule has 1 fully saturated rings. The summed E-state index contributed by atoms with van der Waals surface area (Å²) in [6.45, 7) is 2.73. The summed E-state index contributed by atoms with van der Waals surface area (Å²) >= 11 is 0. The van der Waals surface area contributed by atoms with Gasteiger partial charge in [-0.05, 0) is 35.4 Å². The third-order valence-electron chi connectivity index (χ3n) is 5.43. The summed E-state index contributed by atoms with van der Waals surface area (Å²) in [5.74, 6) is 0.606. The lowest BCUT2D eigenvalue weighted by Gasteiger charge is -2.26. The van der Waals surface area contributed by atoms with E-state index < -0.39 is 0 Å². The zero-order valence-electron chi connectivity index (χ0n) is 17.5. The van der Waals surface area contributed by atoms with Crippen LogP contribution in [0.4, 0.5) is 11.7 Å². The first-order valence-corrected chi connectivity index (χ1v) is 10.5. The van der Waals surface area contributed by atoms with Crippen molar-refractivity contribution >= 4 is 22.7 Å². The van der Waals surface area contributed by atoms with Gasteiger partial charge in [0.25, 0.3) is 5.56 Å². The second-order valence-corrected chi connectivity index (χ2v) is 7.62. The number of aromatic nitrogens is 1. The molecule has 0 amide bonds. The Kier molecular flexibility index (Phi) is 5.47. The maximum atomic E-state index is 12.9. The molecule has 1 saturated heterocycles. The number of ether oxygens (including phenoxy) is 2. The molecule has 0 bridgehead atoms. The Hall–Kier alpha value is -3.84. The van der Waals surface area contributed by atoms with Crippen LogP contribution >= 0.6 is 0 Å². The minimum atomic E-state index is -0.340. The molecule has 0 spiro atoms. The number of nitrogens with zero attached hydrogens (tertiary/aromatic N) is 2. The zero-order chi connectivity index (χ0) is 21.9. The number of fused-ring (bicyclic) bond motifs is 1. The fourth-order valence-electron chi connectivity index (χ4n) is 3.81. The molecule has 0 saturated carbocycles. The van der Waals surface area contributed by atoms with Gasteiger partial charge in [-0.1, -0.05) is 42.5 Å². The van der Waals surface area contributed by atoms with E-state index in [2.05, 4.69) is 4.98 Å². The van der Waals surface area contributed by atoms with E-state index in [1.807, 2.05) is 59.5 Å². The van der Waals surface area contributed by atoms with Gasteiger partial charge in [-0.3, -0.25) is 4.79 Å². The molecule has 1 aromatic heterocycles. The van der Waals surface area contributed by atoms with Crippen molar-refractivity contribution in [3.63, 3.8) is 0 Å². The zero-order valence-corrected chi connectivity index (χ0v) is 17.5. The molecule has 4 aromatic rings. The standard InChI is InChI=1S/C25H23N3O4/c26-19-8-4-7-18(15-19)22-21(31-16-17-5-2-1-3-6-17)10-9-20-23(22)32-25(27-24(20)29)28-11-13-30-14-12-28/h1-10,15H,11-14,16,26H2. The molecule has 2 heterocycles. The lowest BCUT2D eigenvalue weighted by atomic mass is 10.0. The Morgan fingerprint density at radius 2 is 1.81 bits per heavy atom. The van der Waals surface area contributed by atoms with Gasteiger partial charge in [0.1, 0.15) is 12.4 Å². The molecule has 7 heteroatoms. The van der Waals surface area contributed by atoms with Crippen molar-refractivity contribution in [1.29, 1.82) is 0 Å².